The summed E-state index contributed by atoms with van der Waals surface area (Å²) >= 11 is 12.2. The number of urea groups is 1. The molecule has 6 rings (SSSR count). The van der Waals surface area contributed by atoms with Crippen LogP contribution in [-0.4, -0.2) is 48.7 Å². The van der Waals surface area contributed by atoms with Crippen LogP contribution < -0.4 is 19.9 Å². The molecule has 2 saturated heterocycles. The highest BCUT2D eigenvalue weighted by molar-refractivity contribution is 6.31. The molecule has 3 aromatic rings. The summed E-state index contributed by atoms with van der Waals surface area (Å²) in [6, 6.07) is 20.0. The van der Waals surface area contributed by atoms with Gasteiger partial charge in [0.15, 0.2) is 5.72 Å². The third kappa shape index (κ3) is 4.36. The zero-order valence-electron chi connectivity index (χ0n) is 20.3. The van der Waals surface area contributed by atoms with Crippen LogP contribution in [0.3, 0.4) is 0 Å². The highest BCUT2D eigenvalue weighted by Crippen LogP contribution is 2.46. The van der Waals surface area contributed by atoms with Crippen LogP contribution >= 0.6 is 23.2 Å². The van der Waals surface area contributed by atoms with Crippen molar-refractivity contribution in [2.75, 3.05) is 36.0 Å². The molecule has 1 N–H and O–H groups in total. The summed E-state index contributed by atoms with van der Waals surface area (Å²) in [5.41, 5.74) is 2.22. The number of piperazine rings is 1. The smallest absolute Gasteiger partial charge is 0.325 e. The number of rotatable bonds is 3. The third-order valence-electron chi connectivity index (χ3n) is 7.34. The fourth-order valence-corrected chi connectivity index (χ4v) is 5.82. The fraction of sp³-hybridized carbons (Fsp3) is 0.286. The van der Waals surface area contributed by atoms with Crippen molar-refractivity contribution >= 4 is 46.5 Å². The first-order chi connectivity index (χ1) is 17.8. The van der Waals surface area contributed by atoms with Gasteiger partial charge in [-0.15, -0.1) is 0 Å². The Balaban J connectivity index is 1.20. The maximum Gasteiger partial charge on any atom is 0.325 e. The second kappa shape index (κ2) is 9.15. The van der Waals surface area contributed by atoms with Crippen molar-refractivity contribution in [2.45, 2.75) is 25.1 Å². The maximum atomic E-state index is 13.4. The lowest BCUT2D eigenvalue weighted by Crippen LogP contribution is -2.65. The zero-order chi connectivity index (χ0) is 25.7. The Morgan fingerprint density at radius 2 is 1.68 bits per heavy atom. The quantitative estimate of drug-likeness (QED) is 0.464. The van der Waals surface area contributed by atoms with E-state index in [4.69, 9.17) is 27.9 Å². The van der Waals surface area contributed by atoms with Crippen molar-refractivity contribution in [1.29, 1.82) is 0 Å². The molecular weight excluding hydrogens is 511 g/mol. The van der Waals surface area contributed by atoms with E-state index in [2.05, 4.69) is 10.2 Å². The minimum atomic E-state index is -0.903. The third-order valence-corrected chi connectivity index (χ3v) is 7.83. The molecule has 3 aliphatic rings. The average Bonchev–Trinajstić information content (AvgIpc) is 2.89. The van der Waals surface area contributed by atoms with Gasteiger partial charge in [-0.05, 0) is 67.6 Å². The van der Waals surface area contributed by atoms with Gasteiger partial charge in [0.05, 0.1) is 11.7 Å². The van der Waals surface area contributed by atoms with Gasteiger partial charge in [-0.1, -0.05) is 29.3 Å². The zero-order valence-corrected chi connectivity index (χ0v) is 21.8. The SMILES string of the molecule is CC12CC(NC(=O)N1c1cccc(C(=O)N3CCN(c4ccc(Cl)cc4)CC3)c1)c1cc(Cl)ccc1O2. The number of halogens is 2. The molecule has 3 aromatic carbocycles. The van der Waals surface area contributed by atoms with E-state index in [0.29, 0.717) is 46.6 Å². The van der Waals surface area contributed by atoms with Gasteiger partial charge in [-0.25, -0.2) is 4.79 Å². The van der Waals surface area contributed by atoms with E-state index in [1.807, 2.05) is 60.4 Å². The van der Waals surface area contributed by atoms with E-state index in [1.54, 1.807) is 23.1 Å². The Kier molecular flexibility index (Phi) is 5.92. The second-order valence-electron chi connectivity index (χ2n) is 9.81. The number of carbonyl (C=O) groups is 2. The van der Waals surface area contributed by atoms with E-state index in [0.717, 1.165) is 24.3 Å². The van der Waals surface area contributed by atoms with Crippen LogP contribution in [0.5, 0.6) is 5.75 Å². The fourth-order valence-electron chi connectivity index (χ4n) is 5.52. The minimum Gasteiger partial charge on any atom is -0.467 e. The molecule has 3 amide bonds. The lowest BCUT2D eigenvalue weighted by molar-refractivity contribution is 0.0378. The van der Waals surface area contributed by atoms with Gasteiger partial charge in [0.1, 0.15) is 5.75 Å². The molecule has 0 aliphatic carbocycles. The summed E-state index contributed by atoms with van der Waals surface area (Å²) in [5, 5.41) is 4.38. The number of fused-ring (bicyclic) bond motifs is 4. The molecule has 2 fully saturated rings. The highest BCUT2D eigenvalue weighted by Gasteiger charge is 2.50. The lowest BCUT2D eigenvalue weighted by Gasteiger charge is -2.50. The number of hydrogen-bond acceptors (Lipinski definition) is 4. The van der Waals surface area contributed by atoms with Crippen molar-refractivity contribution in [1.82, 2.24) is 10.2 Å². The number of amides is 3. The second-order valence-corrected chi connectivity index (χ2v) is 10.7. The topological polar surface area (TPSA) is 65.1 Å². The molecule has 2 atom stereocenters. The summed E-state index contributed by atoms with van der Waals surface area (Å²) in [6.45, 7) is 4.59. The van der Waals surface area contributed by atoms with Crippen LogP contribution in [0.4, 0.5) is 16.2 Å². The molecule has 3 heterocycles. The minimum absolute atomic E-state index is 0.0531. The predicted molar refractivity (Wildman–Crippen MR) is 145 cm³/mol. The Morgan fingerprint density at radius 3 is 2.43 bits per heavy atom. The van der Waals surface area contributed by atoms with Crippen LogP contribution in [-0.2, 0) is 0 Å². The number of nitrogens with zero attached hydrogens (tertiary/aromatic N) is 3. The lowest BCUT2D eigenvalue weighted by atomic mass is 9.90. The number of hydrogen-bond donors (Lipinski definition) is 1. The summed E-state index contributed by atoms with van der Waals surface area (Å²) in [6.07, 6.45) is 0.552. The number of ether oxygens (including phenoxy) is 1. The highest BCUT2D eigenvalue weighted by atomic mass is 35.5. The molecule has 2 bridgehead atoms. The molecule has 0 saturated carbocycles. The summed E-state index contributed by atoms with van der Waals surface area (Å²) < 4.78 is 6.36. The number of anilines is 2. The van der Waals surface area contributed by atoms with Crippen molar-refractivity contribution in [3.05, 3.63) is 87.9 Å². The first-order valence-corrected chi connectivity index (χ1v) is 13.1. The molecular formula is C28H26Cl2N4O3. The van der Waals surface area contributed by atoms with Crippen LogP contribution in [0.15, 0.2) is 66.7 Å². The Bertz CT molecular complexity index is 1370. The Labute approximate surface area is 225 Å². The van der Waals surface area contributed by atoms with Gasteiger partial charge >= 0.3 is 6.03 Å². The van der Waals surface area contributed by atoms with Crippen molar-refractivity contribution in [2.24, 2.45) is 0 Å². The van der Waals surface area contributed by atoms with E-state index < -0.39 is 5.72 Å². The predicted octanol–water partition coefficient (Wildman–Crippen LogP) is 5.73. The van der Waals surface area contributed by atoms with E-state index in [1.165, 1.54) is 0 Å². The Morgan fingerprint density at radius 1 is 0.946 bits per heavy atom. The van der Waals surface area contributed by atoms with Crippen LogP contribution in [0.25, 0.3) is 0 Å². The monoisotopic (exact) mass is 536 g/mol. The molecule has 0 spiro atoms. The van der Waals surface area contributed by atoms with E-state index in [-0.39, 0.29) is 18.0 Å². The van der Waals surface area contributed by atoms with Crippen molar-refractivity contribution in [3.8, 4) is 5.75 Å². The summed E-state index contributed by atoms with van der Waals surface area (Å²) in [5.74, 6) is 0.640. The number of benzene rings is 3. The Hall–Kier alpha value is -3.42. The number of carbonyl (C=O) groups excluding carboxylic acids is 2. The largest absolute Gasteiger partial charge is 0.467 e. The molecule has 37 heavy (non-hydrogen) atoms. The maximum absolute atomic E-state index is 13.4. The molecule has 3 aliphatic heterocycles. The first kappa shape index (κ1) is 23.9. The van der Waals surface area contributed by atoms with Crippen LogP contribution in [0, 0.1) is 0 Å². The van der Waals surface area contributed by atoms with Crippen LogP contribution in [0.2, 0.25) is 10.0 Å². The van der Waals surface area contributed by atoms with Gasteiger partial charge in [0, 0.05) is 59.5 Å². The van der Waals surface area contributed by atoms with Gasteiger partial charge in [-0.2, -0.15) is 0 Å². The van der Waals surface area contributed by atoms with E-state index in [9.17, 15) is 9.59 Å². The van der Waals surface area contributed by atoms with Gasteiger partial charge in [0.2, 0.25) is 0 Å². The van der Waals surface area contributed by atoms with Crippen molar-refractivity contribution < 1.29 is 14.3 Å². The summed E-state index contributed by atoms with van der Waals surface area (Å²) in [4.78, 5) is 32.4. The molecule has 2 unspecified atom stereocenters. The normalized spacial score (nSPS) is 22.7. The summed E-state index contributed by atoms with van der Waals surface area (Å²) in [7, 11) is 0. The van der Waals surface area contributed by atoms with E-state index >= 15 is 0 Å². The van der Waals surface area contributed by atoms with Gasteiger partial charge in [0.25, 0.3) is 5.91 Å². The first-order valence-electron chi connectivity index (χ1n) is 12.3. The molecule has 7 nitrogen and oxygen atoms in total. The molecule has 9 heteroatoms. The standard InChI is InChI=1S/C28H26Cl2N4O3/c1-28-17-24(23-16-20(30)7-10-25(23)37-28)31-27(36)34(28)22-4-2-3-18(15-22)26(35)33-13-11-32(12-14-33)21-8-5-19(29)6-9-21/h2-10,15-16,24H,11-14,17H2,1H3,(H,31,36). The molecule has 0 radical (unpaired) electrons. The van der Waals surface area contributed by atoms with Crippen molar-refractivity contribution in [3.63, 3.8) is 0 Å². The van der Waals surface area contributed by atoms with Crippen LogP contribution in [0.1, 0.15) is 35.3 Å². The average molecular weight is 537 g/mol. The number of nitrogens with one attached hydrogen (secondary N) is 1. The van der Waals surface area contributed by atoms with Gasteiger partial charge < -0.3 is 19.9 Å². The van der Waals surface area contributed by atoms with Gasteiger partial charge in [-0.3, -0.25) is 9.69 Å². The molecule has 190 valence electrons. The molecule has 0 aromatic heterocycles.